The van der Waals surface area contributed by atoms with Gasteiger partial charge in [-0.3, -0.25) is 9.59 Å². The van der Waals surface area contributed by atoms with Crippen LogP contribution in [-0.4, -0.2) is 36.4 Å². The molecular formula is C74H140O5. The van der Waals surface area contributed by atoms with E-state index in [0.717, 1.165) is 44.9 Å². The molecule has 0 heterocycles. The van der Waals surface area contributed by atoms with E-state index in [1.54, 1.807) is 0 Å². The van der Waals surface area contributed by atoms with Crippen LogP contribution in [0.25, 0.3) is 0 Å². The van der Waals surface area contributed by atoms with Gasteiger partial charge in [-0.05, 0) is 51.4 Å². The zero-order valence-electron chi connectivity index (χ0n) is 53.7. The number of hydrogen-bond donors (Lipinski definition) is 1. The number of rotatable bonds is 68. The Labute approximate surface area is 495 Å². The molecule has 466 valence electrons. The molecule has 1 unspecified atom stereocenters. The molecule has 0 saturated carbocycles. The molecule has 0 amide bonds. The van der Waals surface area contributed by atoms with Crippen molar-refractivity contribution in [3.63, 3.8) is 0 Å². The van der Waals surface area contributed by atoms with Gasteiger partial charge in [-0.2, -0.15) is 0 Å². The number of carbonyl (C=O) groups is 2. The number of hydrogen-bond acceptors (Lipinski definition) is 5. The lowest BCUT2D eigenvalue weighted by atomic mass is 10.0. The summed E-state index contributed by atoms with van der Waals surface area (Å²) in [5, 5.41) is 9.70. The standard InChI is InChI=1S/C74H140O5/c1-3-5-7-9-11-13-15-17-19-21-23-25-27-29-30-31-32-33-34-35-36-37-38-39-40-41-42-43-44-45-47-49-51-53-55-57-59-61-63-65-67-69-74(77)79-72(70-75)71-78-73(76)68-66-64-62-60-58-56-54-52-50-48-46-28-26-24-22-20-18-16-14-12-10-8-6-4-2/h15,17,21,23,27,29,72,75H,3-14,16,18-20,22,24-26,28,30-71H2,1-2H3/b17-15-,23-21-,29-27-. The highest BCUT2D eigenvalue weighted by Crippen LogP contribution is 2.19. The van der Waals surface area contributed by atoms with Crippen LogP contribution in [0.2, 0.25) is 0 Å². The Balaban J connectivity index is 3.36. The van der Waals surface area contributed by atoms with Gasteiger partial charge in [-0.15, -0.1) is 0 Å². The van der Waals surface area contributed by atoms with Crippen molar-refractivity contribution in [2.45, 2.75) is 412 Å². The Kier molecular flexibility index (Phi) is 68.7. The molecule has 0 radical (unpaired) electrons. The molecule has 0 aliphatic rings. The second-order valence-electron chi connectivity index (χ2n) is 24.7. The van der Waals surface area contributed by atoms with E-state index in [1.165, 1.54) is 334 Å². The van der Waals surface area contributed by atoms with Gasteiger partial charge in [0.15, 0.2) is 6.10 Å². The normalized spacial score (nSPS) is 12.3. The predicted octanol–water partition coefficient (Wildman–Crippen LogP) is 24.9. The number of unbranched alkanes of at least 4 members (excludes halogenated alkanes) is 54. The lowest BCUT2D eigenvalue weighted by Crippen LogP contribution is -2.28. The van der Waals surface area contributed by atoms with Crippen molar-refractivity contribution in [1.82, 2.24) is 0 Å². The summed E-state index contributed by atoms with van der Waals surface area (Å²) in [5.41, 5.74) is 0. The van der Waals surface area contributed by atoms with Crippen LogP contribution in [0.5, 0.6) is 0 Å². The van der Waals surface area contributed by atoms with Crippen LogP contribution in [0, 0.1) is 0 Å². The molecular weight excluding hydrogens is 969 g/mol. The van der Waals surface area contributed by atoms with Gasteiger partial charge in [-0.25, -0.2) is 0 Å². The molecule has 0 fully saturated rings. The maximum atomic E-state index is 12.4. The van der Waals surface area contributed by atoms with Crippen LogP contribution in [-0.2, 0) is 19.1 Å². The van der Waals surface area contributed by atoms with Gasteiger partial charge in [0.05, 0.1) is 6.61 Å². The summed E-state index contributed by atoms with van der Waals surface area (Å²) in [4.78, 5) is 24.6. The average Bonchev–Trinajstić information content (AvgIpc) is 3.45. The summed E-state index contributed by atoms with van der Waals surface area (Å²) < 4.78 is 10.8. The van der Waals surface area contributed by atoms with E-state index >= 15 is 0 Å². The van der Waals surface area contributed by atoms with Gasteiger partial charge in [0.1, 0.15) is 6.61 Å². The summed E-state index contributed by atoms with van der Waals surface area (Å²) in [7, 11) is 0. The van der Waals surface area contributed by atoms with Crippen molar-refractivity contribution in [1.29, 1.82) is 0 Å². The molecule has 0 aromatic heterocycles. The van der Waals surface area contributed by atoms with E-state index in [0.29, 0.717) is 12.8 Å². The van der Waals surface area contributed by atoms with Crippen LogP contribution in [0.3, 0.4) is 0 Å². The van der Waals surface area contributed by atoms with Gasteiger partial charge in [-0.1, -0.05) is 378 Å². The molecule has 1 atom stereocenters. The molecule has 0 aliphatic heterocycles. The summed E-state index contributed by atoms with van der Waals surface area (Å²) in [6, 6.07) is 0. The highest BCUT2D eigenvalue weighted by Gasteiger charge is 2.16. The Morgan fingerprint density at radius 2 is 0.506 bits per heavy atom. The van der Waals surface area contributed by atoms with Crippen molar-refractivity contribution in [3.8, 4) is 0 Å². The number of aliphatic hydroxyl groups excluding tert-OH is 1. The van der Waals surface area contributed by atoms with Crippen LogP contribution in [0.4, 0.5) is 0 Å². The molecule has 0 aliphatic carbocycles. The second kappa shape index (κ2) is 70.4. The number of ether oxygens (including phenoxy) is 2. The first-order valence-corrected chi connectivity index (χ1v) is 36.0. The van der Waals surface area contributed by atoms with Crippen LogP contribution in [0.15, 0.2) is 36.5 Å². The molecule has 79 heavy (non-hydrogen) atoms. The summed E-state index contributed by atoms with van der Waals surface area (Å²) in [6.07, 6.45) is 93.4. The average molecular weight is 1110 g/mol. The van der Waals surface area contributed by atoms with Gasteiger partial charge in [0, 0.05) is 12.8 Å². The van der Waals surface area contributed by atoms with Crippen molar-refractivity contribution < 1.29 is 24.2 Å². The topological polar surface area (TPSA) is 72.8 Å². The predicted molar refractivity (Wildman–Crippen MR) is 348 cm³/mol. The first-order chi connectivity index (χ1) is 39.1. The fraction of sp³-hybridized carbons (Fsp3) is 0.892. The molecule has 1 N–H and O–H groups in total. The Hall–Kier alpha value is -1.88. The SMILES string of the molecule is CCCCCCC/C=C\C/C=C\C/C=C\CCCCCCCCCCCCCCCCCCCCCCCCCCCCC(=O)OC(CO)COC(=O)CCCCCCCCCCCCCCCCCCCCCCCCCC. The lowest BCUT2D eigenvalue weighted by Gasteiger charge is -2.15. The van der Waals surface area contributed by atoms with Gasteiger partial charge < -0.3 is 14.6 Å². The molecule has 0 saturated heterocycles. The highest BCUT2D eigenvalue weighted by atomic mass is 16.6. The Morgan fingerprint density at radius 1 is 0.291 bits per heavy atom. The summed E-state index contributed by atoms with van der Waals surface area (Å²) >= 11 is 0. The third-order valence-corrected chi connectivity index (χ3v) is 16.7. The fourth-order valence-corrected chi connectivity index (χ4v) is 11.3. The van der Waals surface area contributed by atoms with Crippen LogP contribution >= 0.6 is 0 Å². The van der Waals surface area contributed by atoms with Crippen molar-refractivity contribution in [2.75, 3.05) is 13.2 Å². The van der Waals surface area contributed by atoms with E-state index in [4.69, 9.17) is 9.47 Å². The van der Waals surface area contributed by atoms with Crippen molar-refractivity contribution in [3.05, 3.63) is 36.5 Å². The third-order valence-electron chi connectivity index (χ3n) is 16.7. The van der Waals surface area contributed by atoms with Crippen molar-refractivity contribution in [2.24, 2.45) is 0 Å². The summed E-state index contributed by atoms with van der Waals surface area (Å²) in [6.45, 7) is 4.20. The van der Waals surface area contributed by atoms with E-state index in [1.807, 2.05) is 0 Å². The van der Waals surface area contributed by atoms with E-state index in [-0.39, 0.29) is 25.2 Å². The molecule has 0 rings (SSSR count). The smallest absolute Gasteiger partial charge is 0.306 e. The molecule has 0 spiro atoms. The lowest BCUT2D eigenvalue weighted by molar-refractivity contribution is -0.161. The van der Waals surface area contributed by atoms with Gasteiger partial charge >= 0.3 is 11.9 Å². The number of allylic oxidation sites excluding steroid dienone is 6. The molecule has 0 aromatic rings. The van der Waals surface area contributed by atoms with E-state index in [9.17, 15) is 14.7 Å². The van der Waals surface area contributed by atoms with Crippen LogP contribution < -0.4 is 0 Å². The number of aliphatic hydroxyl groups is 1. The van der Waals surface area contributed by atoms with Crippen LogP contribution in [0.1, 0.15) is 406 Å². The number of esters is 2. The zero-order chi connectivity index (χ0) is 56.9. The third kappa shape index (κ3) is 68.5. The second-order valence-corrected chi connectivity index (χ2v) is 24.7. The first-order valence-electron chi connectivity index (χ1n) is 36.0. The van der Waals surface area contributed by atoms with E-state index < -0.39 is 6.10 Å². The molecule has 0 aromatic carbocycles. The Bertz CT molecular complexity index is 1260. The molecule has 5 nitrogen and oxygen atoms in total. The Morgan fingerprint density at radius 3 is 0.759 bits per heavy atom. The minimum atomic E-state index is -0.768. The van der Waals surface area contributed by atoms with Gasteiger partial charge in [0.25, 0.3) is 0 Å². The maximum absolute atomic E-state index is 12.4. The zero-order valence-corrected chi connectivity index (χ0v) is 53.7. The minimum absolute atomic E-state index is 0.0576. The fourth-order valence-electron chi connectivity index (χ4n) is 11.3. The van der Waals surface area contributed by atoms with Crippen molar-refractivity contribution >= 4 is 11.9 Å². The molecule has 0 bridgehead atoms. The quantitative estimate of drug-likeness (QED) is 0.0373. The maximum Gasteiger partial charge on any atom is 0.306 e. The monoisotopic (exact) mass is 1110 g/mol. The minimum Gasteiger partial charge on any atom is -0.462 e. The first kappa shape index (κ1) is 77.1. The van der Waals surface area contributed by atoms with Gasteiger partial charge in [0.2, 0.25) is 0 Å². The highest BCUT2D eigenvalue weighted by molar-refractivity contribution is 5.70. The largest absolute Gasteiger partial charge is 0.462 e. The number of carbonyl (C=O) groups excluding carboxylic acids is 2. The van der Waals surface area contributed by atoms with E-state index in [2.05, 4.69) is 50.3 Å². The summed E-state index contributed by atoms with van der Waals surface area (Å²) in [5.74, 6) is -0.563. The molecule has 5 heteroatoms.